The molecule has 1 rings (SSSR count). The molecule has 17 heavy (non-hydrogen) atoms. The highest BCUT2D eigenvalue weighted by Crippen LogP contribution is 2.39. The number of benzene rings is 1. The topological polar surface area (TPSA) is 55.5 Å². The second-order valence-corrected chi connectivity index (χ2v) is 3.77. The molecule has 0 aliphatic rings. The summed E-state index contributed by atoms with van der Waals surface area (Å²) >= 11 is 5.68. The molecule has 0 aromatic heterocycles. The van der Waals surface area contributed by atoms with Gasteiger partial charge in [0.15, 0.2) is 0 Å². The van der Waals surface area contributed by atoms with E-state index in [4.69, 9.17) is 27.2 Å². The van der Waals surface area contributed by atoms with Crippen LogP contribution in [0.15, 0.2) is 12.1 Å². The second kappa shape index (κ2) is 5.12. The maximum absolute atomic E-state index is 12.5. The van der Waals surface area contributed by atoms with Crippen molar-refractivity contribution in [1.82, 2.24) is 0 Å². The van der Waals surface area contributed by atoms with Gasteiger partial charge in [0.25, 0.3) is 0 Å². The second-order valence-electron chi connectivity index (χ2n) is 3.37. The van der Waals surface area contributed by atoms with Gasteiger partial charge in [-0.05, 0) is 12.1 Å². The highest BCUT2D eigenvalue weighted by molar-refractivity contribution is 6.32. The monoisotopic (exact) mass is 269 g/mol. The van der Waals surface area contributed by atoms with Crippen LogP contribution in [0.4, 0.5) is 13.2 Å². The number of methoxy groups -OCH3 is 1. The molecule has 0 spiro atoms. The Balaban J connectivity index is 3.39. The molecule has 1 aromatic carbocycles. The van der Waals surface area contributed by atoms with Crippen molar-refractivity contribution in [3.05, 3.63) is 28.3 Å². The Labute approximate surface area is 101 Å². The molecule has 0 saturated carbocycles. The summed E-state index contributed by atoms with van der Waals surface area (Å²) in [6.45, 7) is -0.506. The minimum absolute atomic E-state index is 0.0230. The number of nitrogens with two attached hydrogens (primary N) is 1. The van der Waals surface area contributed by atoms with Gasteiger partial charge >= 0.3 is 6.18 Å². The Morgan fingerprint density at radius 2 is 2.06 bits per heavy atom. The zero-order valence-electron chi connectivity index (χ0n) is 8.88. The fourth-order valence-corrected chi connectivity index (χ4v) is 1.67. The van der Waals surface area contributed by atoms with Gasteiger partial charge in [-0.25, -0.2) is 0 Å². The molecule has 1 atom stereocenters. The van der Waals surface area contributed by atoms with Crippen molar-refractivity contribution >= 4 is 11.6 Å². The smallest absolute Gasteiger partial charge is 0.416 e. The third kappa shape index (κ3) is 3.02. The molecule has 0 aliphatic heterocycles. The molecular formula is C10H11ClF3NO2. The normalized spacial score (nSPS) is 13.6. The van der Waals surface area contributed by atoms with Crippen LogP contribution in [-0.2, 0) is 6.18 Å². The predicted molar refractivity (Wildman–Crippen MR) is 57.0 cm³/mol. The van der Waals surface area contributed by atoms with Crippen LogP contribution in [0.25, 0.3) is 0 Å². The number of hydrogen-bond acceptors (Lipinski definition) is 3. The van der Waals surface area contributed by atoms with Gasteiger partial charge in [0.05, 0.1) is 30.3 Å². The van der Waals surface area contributed by atoms with E-state index in [1.54, 1.807) is 0 Å². The molecule has 1 unspecified atom stereocenters. The molecule has 96 valence electrons. The standard InChI is InChI=1S/C10H11ClF3NO2/c1-17-9-6(8(15)4-16)2-5(3-7(9)11)10(12,13)14/h2-3,8,16H,4,15H2,1H3. The fraction of sp³-hybridized carbons (Fsp3) is 0.400. The van der Waals surface area contributed by atoms with E-state index in [1.807, 2.05) is 0 Å². The Morgan fingerprint density at radius 1 is 1.47 bits per heavy atom. The fourth-order valence-electron chi connectivity index (χ4n) is 1.37. The zero-order valence-corrected chi connectivity index (χ0v) is 9.64. The van der Waals surface area contributed by atoms with Crippen LogP contribution < -0.4 is 10.5 Å². The summed E-state index contributed by atoms with van der Waals surface area (Å²) in [6, 6.07) is 0.601. The van der Waals surface area contributed by atoms with Gasteiger partial charge in [0.2, 0.25) is 0 Å². The van der Waals surface area contributed by atoms with Gasteiger partial charge in [0, 0.05) is 5.56 Å². The Kier molecular flexibility index (Phi) is 4.24. The highest BCUT2D eigenvalue weighted by atomic mass is 35.5. The maximum Gasteiger partial charge on any atom is 0.416 e. The summed E-state index contributed by atoms with van der Waals surface area (Å²) in [5.74, 6) is 0.0428. The Morgan fingerprint density at radius 3 is 2.47 bits per heavy atom. The van der Waals surface area contributed by atoms with Crippen LogP contribution in [0, 0.1) is 0 Å². The van der Waals surface area contributed by atoms with E-state index >= 15 is 0 Å². The first-order valence-corrected chi connectivity index (χ1v) is 5.00. The number of ether oxygens (including phenoxy) is 1. The van der Waals surface area contributed by atoms with Crippen LogP contribution >= 0.6 is 11.6 Å². The average molecular weight is 270 g/mol. The zero-order chi connectivity index (χ0) is 13.2. The Bertz CT molecular complexity index is 409. The van der Waals surface area contributed by atoms with Gasteiger partial charge in [-0.3, -0.25) is 0 Å². The molecule has 0 fully saturated rings. The number of alkyl halides is 3. The van der Waals surface area contributed by atoms with Crippen LogP contribution in [-0.4, -0.2) is 18.8 Å². The van der Waals surface area contributed by atoms with E-state index in [1.165, 1.54) is 7.11 Å². The first-order valence-electron chi connectivity index (χ1n) is 4.62. The average Bonchev–Trinajstić information content (AvgIpc) is 2.25. The van der Waals surface area contributed by atoms with Crippen molar-refractivity contribution in [3.63, 3.8) is 0 Å². The minimum Gasteiger partial charge on any atom is -0.495 e. The molecule has 3 N–H and O–H groups in total. The van der Waals surface area contributed by atoms with Crippen molar-refractivity contribution < 1.29 is 23.0 Å². The van der Waals surface area contributed by atoms with E-state index in [0.29, 0.717) is 0 Å². The maximum atomic E-state index is 12.5. The van der Waals surface area contributed by atoms with Crippen LogP contribution in [0.2, 0.25) is 5.02 Å². The number of halogens is 4. The molecule has 7 heteroatoms. The quantitative estimate of drug-likeness (QED) is 0.886. The third-order valence-electron chi connectivity index (χ3n) is 2.20. The molecule has 3 nitrogen and oxygen atoms in total. The minimum atomic E-state index is -4.53. The van der Waals surface area contributed by atoms with Crippen LogP contribution in [0.5, 0.6) is 5.75 Å². The number of aliphatic hydroxyl groups excluding tert-OH is 1. The van der Waals surface area contributed by atoms with Gasteiger partial charge in [-0.2, -0.15) is 13.2 Å². The molecule has 1 aromatic rings. The first kappa shape index (κ1) is 14.1. The van der Waals surface area contributed by atoms with E-state index < -0.39 is 24.4 Å². The Hall–Kier alpha value is -0.980. The molecule has 0 radical (unpaired) electrons. The van der Waals surface area contributed by atoms with Crippen molar-refractivity contribution in [2.24, 2.45) is 5.73 Å². The summed E-state index contributed by atoms with van der Waals surface area (Å²) in [5, 5.41) is 8.69. The molecule has 0 bridgehead atoms. The lowest BCUT2D eigenvalue weighted by molar-refractivity contribution is -0.137. The van der Waals surface area contributed by atoms with Crippen LogP contribution in [0.1, 0.15) is 17.2 Å². The summed E-state index contributed by atoms with van der Waals surface area (Å²) in [4.78, 5) is 0. The van der Waals surface area contributed by atoms with Gasteiger partial charge in [-0.1, -0.05) is 11.6 Å². The van der Waals surface area contributed by atoms with E-state index in [-0.39, 0.29) is 16.3 Å². The molecular weight excluding hydrogens is 259 g/mol. The molecule has 0 heterocycles. The lowest BCUT2D eigenvalue weighted by Crippen LogP contribution is -2.17. The first-order chi connectivity index (χ1) is 7.81. The van der Waals surface area contributed by atoms with Gasteiger partial charge in [0.1, 0.15) is 5.75 Å². The van der Waals surface area contributed by atoms with E-state index in [0.717, 1.165) is 12.1 Å². The van der Waals surface area contributed by atoms with Crippen molar-refractivity contribution in [1.29, 1.82) is 0 Å². The predicted octanol–water partition coefficient (Wildman–Crippen LogP) is 2.36. The summed E-state index contributed by atoms with van der Waals surface area (Å²) < 4.78 is 42.5. The number of rotatable bonds is 3. The lowest BCUT2D eigenvalue weighted by atomic mass is 10.0. The summed E-state index contributed by atoms with van der Waals surface area (Å²) in [7, 11) is 1.27. The lowest BCUT2D eigenvalue weighted by Gasteiger charge is -2.17. The van der Waals surface area contributed by atoms with Crippen LogP contribution in [0.3, 0.4) is 0 Å². The molecule has 0 amide bonds. The number of aliphatic hydroxyl groups is 1. The van der Waals surface area contributed by atoms with Gasteiger partial charge < -0.3 is 15.6 Å². The number of hydrogen-bond donors (Lipinski definition) is 2. The highest BCUT2D eigenvalue weighted by Gasteiger charge is 2.33. The third-order valence-corrected chi connectivity index (χ3v) is 2.48. The largest absolute Gasteiger partial charge is 0.495 e. The van der Waals surface area contributed by atoms with E-state index in [2.05, 4.69) is 0 Å². The summed E-state index contributed by atoms with van der Waals surface area (Å²) in [5.41, 5.74) is 4.59. The SMILES string of the molecule is COc1c(Cl)cc(C(F)(F)F)cc1C(N)CO. The van der Waals surface area contributed by atoms with E-state index in [9.17, 15) is 13.2 Å². The summed E-state index contributed by atoms with van der Waals surface area (Å²) in [6.07, 6.45) is -4.53. The van der Waals surface area contributed by atoms with Crippen molar-refractivity contribution in [2.45, 2.75) is 12.2 Å². The van der Waals surface area contributed by atoms with Crippen molar-refractivity contribution in [3.8, 4) is 5.75 Å². The molecule has 0 saturated heterocycles. The van der Waals surface area contributed by atoms with Gasteiger partial charge in [-0.15, -0.1) is 0 Å². The molecule has 0 aliphatic carbocycles. The van der Waals surface area contributed by atoms with Crippen molar-refractivity contribution in [2.75, 3.05) is 13.7 Å².